The van der Waals surface area contributed by atoms with Gasteiger partial charge in [0, 0.05) is 19.6 Å². The predicted octanol–water partition coefficient (Wildman–Crippen LogP) is 1.82. The second kappa shape index (κ2) is 8.48. The Kier molecular flexibility index (Phi) is 7.31. The molecule has 1 unspecified atom stereocenters. The number of aryl methyl sites for hydroxylation is 1. The lowest BCUT2D eigenvalue weighted by molar-refractivity contribution is 0.439. The monoisotopic (exact) mass is 313 g/mol. The van der Waals surface area contributed by atoms with Crippen molar-refractivity contribution < 1.29 is 8.42 Å². The van der Waals surface area contributed by atoms with E-state index in [1.165, 1.54) is 4.31 Å². The maximum absolute atomic E-state index is 12.3. The summed E-state index contributed by atoms with van der Waals surface area (Å²) < 4.78 is 28.7. The van der Waals surface area contributed by atoms with Crippen molar-refractivity contribution in [1.82, 2.24) is 14.3 Å². The van der Waals surface area contributed by atoms with Gasteiger partial charge < -0.3 is 5.32 Å². The zero-order valence-electron chi connectivity index (χ0n) is 13.4. The molecule has 6 heteroatoms. The number of hydrogen-bond donors (Lipinski definition) is 2. The highest BCUT2D eigenvalue weighted by atomic mass is 32.2. The van der Waals surface area contributed by atoms with Crippen molar-refractivity contribution in [3.05, 3.63) is 35.4 Å². The Morgan fingerprint density at radius 1 is 1.29 bits per heavy atom. The van der Waals surface area contributed by atoms with Gasteiger partial charge in [-0.05, 0) is 44.5 Å². The molecular weight excluding hydrogens is 286 g/mol. The van der Waals surface area contributed by atoms with E-state index >= 15 is 0 Å². The first-order valence-corrected chi connectivity index (χ1v) is 8.82. The van der Waals surface area contributed by atoms with Crippen LogP contribution in [0, 0.1) is 6.92 Å². The van der Waals surface area contributed by atoms with E-state index in [2.05, 4.69) is 10.0 Å². The van der Waals surface area contributed by atoms with Crippen LogP contribution in [-0.2, 0) is 10.2 Å². The molecule has 1 aromatic rings. The summed E-state index contributed by atoms with van der Waals surface area (Å²) in [5.74, 6) is 0. The molecule has 0 saturated heterocycles. The first-order chi connectivity index (χ1) is 9.88. The summed E-state index contributed by atoms with van der Waals surface area (Å²) in [7, 11) is -1.85. The van der Waals surface area contributed by atoms with Crippen LogP contribution in [0.1, 0.15) is 37.4 Å². The van der Waals surface area contributed by atoms with E-state index in [-0.39, 0.29) is 6.04 Å². The molecule has 0 aliphatic heterocycles. The molecule has 0 aromatic heterocycles. The lowest BCUT2D eigenvalue weighted by atomic mass is 10.0. The molecule has 0 aliphatic rings. The average molecular weight is 313 g/mol. The normalized spacial score (nSPS) is 13.6. The van der Waals surface area contributed by atoms with Gasteiger partial charge in [0.15, 0.2) is 0 Å². The van der Waals surface area contributed by atoms with Crippen LogP contribution in [0.4, 0.5) is 0 Å². The van der Waals surface area contributed by atoms with Gasteiger partial charge in [0.1, 0.15) is 0 Å². The van der Waals surface area contributed by atoms with Gasteiger partial charge >= 0.3 is 0 Å². The molecule has 0 heterocycles. The van der Waals surface area contributed by atoms with Crippen molar-refractivity contribution in [2.75, 3.05) is 26.7 Å². The molecule has 1 aromatic carbocycles. The molecular formula is C15H27N3O2S. The Morgan fingerprint density at radius 3 is 2.57 bits per heavy atom. The van der Waals surface area contributed by atoms with Gasteiger partial charge in [-0.15, -0.1) is 0 Å². The zero-order valence-corrected chi connectivity index (χ0v) is 14.2. The van der Waals surface area contributed by atoms with E-state index < -0.39 is 10.2 Å². The van der Waals surface area contributed by atoms with E-state index in [4.69, 9.17) is 0 Å². The van der Waals surface area contributed by atoms with Crippen LogP contribution in [0.15, 0.2) is 24.3 Å². The minimum Gasteiger partial charge on any atom is -0.317 e. The Bertz CT molecular complexity index is 531. The molecule has 0 aliphatic carbocycles. The predicted molar refractivity (Wildman–Crippen MR) is 87.4 cm³/mol. The lowest BCUT2D eigenvalue weighted by Crippen LogP contribution is -2.40. The van der Waals surface area contributed by atoms with Crippen LogP contribution in [0.3, 0.4) is 0 Å². The van der Waals surface area contributed by atoms with Crippen molar-refractivity contribution in [2.45, 2.75) is 33.2 Å². The van der Waals surface area contributed by atoms with E-state index in [0.29, 0.717) is 6.54 Å². The smallest absolute Gasteiger partial charge is 0.279 e. The average Bonchev–Trinajstić information content (AvgIpc) is 2.43. The third-order valence-corrected chi connectivity index (χ3v) is 5.12. The number of rotatable bonds is 9. The molecule has 0 fully saturated rings. The molecule has 1 rings (SSSR count). The Labute approximate surface area is 128 Å². The highest BCUT2D eigenvalue weighted by Gasteiger charge is 2.21. The Balaban J connectivity index is 2.61. The van der Waals surface area contributed by atoms with E-state index in [1.807, 2.05) is 45.0 Å². The van der Waals surface area contributed by atoms with Gasteiger partial charge in [-0.1, -0.05) is 31.2 Å². The maximum Gasteiger partial charge on any atom is 0.279 e. The van der Waals surface area contributed by atoms with Crippen molar-refractivity contribution in [3.8, 4) is 0 Å². The van der Waals surface area contributed by atoms with Crippen LogP contribution in [-0.4, -0.2) is 39.4 Å². The zero-order chi connectivity index (χ0) is 15.9. The van der Waals surface area contributed by atoms with Gasteiger partial charge in [-0.3, -0.25) is 0 Å². The first kappa shape index (κ1) is 18.1. The van der Waals surface area contributed by atoms with Crippen LogP contribution < -0.4 is 10.0 Å². The molecule has 0 spiro atoms. The van der Waals surface area contributed by atoms with E-state index in [9.17, 15) is 8.42 Å². The van der Waals surface area contributed by atoms with Gasteiger partial charge in [-0.25, -0.2) is 0 Å². The summed E-state index contributed by atoms with van der Waals surface area (Å²) in [5, 5.41) is 3.19. The third kappa shape index (κ3) is 5.74. The molecule has 0 saturated carbocycles. The second-order valence-corrected chi connectivity index (χ2v) is 7.04. The Morgan fingerprint density at radius 2 is 1.95 bits per heavy atom. The molecule has 0 radical (unpaired) electrons. The number of nitrogens with one attached hydrogen (secondary N) is 2. The minimum atomic E-state index is -3.46. The standard InChI is InChI=1S/C15H27N3O2S/c1-5-16-11-8-12-18(4)21(19,20)17-14(3)15-10-7-6-9-13(15)2/h6-7,9-10,14,16-17H,5,8,11-12H2,1-4H3. The molecule has 120 valence electrons. The van der Waals surface area contributed by atoms with Crippen LogP contribution >= 0.6 is 0 Å². The lowest BCUT2D eigenvalue weighted by Gasteiger charge is -2.22. The molecule has 5 nitrogen and oxygen atoms in total. The van der Waals surface area contributed by atoms with Gasteiger partial charge in [0.25, 0.3) is 10.2 Å². The number of benzene rings is 1. The van der Waals surface area contributed by atoms with Crippen molar-refractivity contribution in [2.24, 2.45) is 0 Å². The van der Waals surface area contributed by atoms with Gasteiger partial charge in [0.2, 0.25) is 0 Å². The fraction of sp³-hybridized carbons (Fsp3) is 0.600. The highest BCUT2D eigenvalue weighted by Crippen LogP contribution is 2.18. The molecule has 21 heavy (non-hydrogen) atoms. The SMILES string of the molecule is CCNCCCN(C)S(=O)(=O)NC(C)c1ccccc1C. The van der Waals surface area contributed by atoms with Crippen LogP contribution in [0.2, 0.25) is 0 Å². The summed E-state index contributed by atoms with van der Waals surface area (Å²) in [4.78, 5) is 0. The second-order valence-electron chi connectivity index (χ2n) is 5.23. The van der Waals surface area contributed by atoms with Crippen LogP contribution in [0.5, 0.6) is 0 Å². The maximum atomic E-state index is 12.3. The van der Waals surface area contributed by atoms with Crippen LogP contribution in [0.25, 0.3) is 0 Å². The topological polar surface area (TPSA) is 61.4 Å². The summed E-state index contributed by atoms with van der Waals surface area (Å²) in [5.41, 5.74) is 2.09. The molecule has 1 atom stereocenters. The van der Waals surface area contributed by atoms with Crippen molar-refractivity contribution in [3.63, 3.8) is 0 Å². The summed E-state index contributed by atoms with van der Waals surface area (Å²) in [6, 6.07) is 7.57. The van der Waals surface area contributed by atoms with Crippen molar-refractivity contribution in [1.29, 1.82) is 0 Å². The fourth-order valence-electron chi connectivity index (χ4n) is 2.17. The first-order valence-electron chi connectivity index (χ1n) is 7.38. The van der Waals surface area contributed by atoms with E-state index in [0.717, 1.165) is 30.6 Å². The molecule has 0 bridgehead atoms. The summed E-state index contributed by atoms with van der Waals surface area (Å²) in [6.07, 6.45) is 0.796. The number of hydrogen-bond acceptors (Lipinski definition) is 3. The number of nitrogens with zero attached hydrogens (tertiary/aromatic N) is 1. The molecule has 2 N–H and O–H groups in total. The summed E-state index contributed by atoms with van der Waals surface area (Å²) >= 11 is 0. The van der Waals surface area contributed by atoms with Crippen molar-refractivity contribution >= 4 is 10.2 Å². The quantitative estimate of drug-likeness (QED) is 0.684. The van der Waals surface area contributed by atoms with Gasteiger partial charge in [-0.2, -0.15) is 17.4 Å². The van der Waals surface area contributed by atoms with E-state index in [1.54, 1.807) is 7.05 Å². The summed E-state index contributed by atoms with van der Waals surface area (Å²) in [6.45, 7) is 8.12. The van der Waals surface area contributed by atoms with Gasteiger partial charge in [0.05, 0.1) is 0 Å². The Hall–Kier alpha value is -0.950. The third-order valence-electron chi connectivity index (χ3n) is 3.47. The highest BCUT2D eigenvalue weighted by molar-refractivity contribution is 7.87. The largest absolute Gasteiger partial charge is 0.317 e. The fourth-order valence-corrected chi connectivity index (χ4v) is 3.30. The minimum absolute atomic E-state index is 0.243. The molecule has 0 amide bonds.